The van der Waals surface area contributed by atoms with E-state index in [1.165, 1.54) is 50.6 Å². The average Bonchev–Trinajstić information content (AvgIpc) is 3.08. The number of esters is 1. The van der Waals surface area contributed by atoms with Gasteiger partial charge in [0.25, 0.3) is 15.9 Å². The maximum Gasteiger partial charge on any atom is 0.339 e. The Morgan fingerprint density at radius 2 is 1.66 bits per heavy atom. The molecule has 1 saturated heterocycles. The molecule has 1 aliphatic heterocycles. The third-order valence-corrected chi connectivity index (χ3v) is 6.94. The number of halogens is 1. The van der Waals surface area contributed by atoms with Crippen LogP contribution in [0, 0.1) is 0 Å². The summed E-state index contributed by atoms with van der Waals surface area (Å²) in [5.74, 6) is -0.649. The van der Waals surface area contributed by atoms with Gasteiger partial charge < -0.3 is 14.4 Å². The summed E-state index contributed by atoms with van der Waals surface area (Å²) < 4.78 is 38.4. The van der Waals surface area contributed by atoms with Gasteiger partial charge in [0, 0.05) is 18.8 Å². The summed E-state index contributed by atoms with van der Waals surface area (Å²) in [6.07, 6.45) is 3.95. The lowest BCUT2D eigenvalue weighted by molar-refractivity contribution is 0.0600. The molecule has 0 atom stereocenters. The lowest BCUT2D eigenvalue weighted by atomic mass is 10.1. The van der Waals surface area contributed by atoms with Crippen LogP contribution >= 0.6 is 11.6 Å². The molecule has 0 spiro atoms. The zero-order chi connectivity index (χ0) is 23.3. The van der Waals surface area contributed by atoms with Gasteiger partial charge in [-0.15, -0.1) is 0 Å². The Hall–Kier alpha value is -2.78. The highest BCUT2D eigenvalue weighted by molar-refractivity contribution is 7.92. The van der Waals surface area contributed by atoms with Crippen molar-refractivity contribution < 1.29 is 27.5 Å². The van der Waals surface area contributed by atoms with Crippen LogP contribution < -0.4 is 9.46 Å². The molecule has 0 saturated carbocycles. The van der Waals surface area contributed by atoms with Gasteiger partial charge in [-0.2, -0.15) is 0 Å². The number of hydrogen-bond donors (Lipinski definition) is 1. The Balaban J connectivity index is 1.92. The van der Waals surface area contributed by atoms with E-state index in [0.29, 0.717) is 18.8 Å². The maximum absolute atomic E-state index is 13.1. The predicted octanol–water partition coefficient (Wildman–Crippen LogP) is 3.95. The SMILES string of the molecule is COC(=O)c1cc(NS(=O)(=O)c2ccc(OC)c(C(=O)N3CCCCCC3)c2)ccc1Cl. The summed E-state index contributed by atoms with van der Waals surface area (Å²) in [6, 6.07) is 8.25. The number of anilines is 1. The molecule has 1 aliphatic rings. The lowest BCUT2D eigenvalue weighted by Crippen LogP contribution is -2.32. The first-order valence-corrected chi connectivity index (χ1v) is 12.0. The van der Waals surface area contributed by atoms with Crippen LogP contribution in [0.5, 0.6) is 5.75 Å². The van der Waals surface area contributed by atoms with Crippen LogP contribution in [0.2, 0.25) is 5.02 Å². The van der Waals surface area contributed by atoms with E-state index in [4.69, 9.17) is 16.3 Å². The smallest absolute Gasteiger partial charge is 0.339 e. The number of carbonyl (C=O) groups is 2. The minimum Gasteiger partial charge on any atom is -0.496 e. The summed E-state index contributed by atoms with van der Waals surface area (Å²) in [7, 11) is -1.43. The molecule has 0 bridgehead atoms. The van der Waals surface area contributed by atoms with E-state index in [0.717, 1.165) is 25.7 Å². The van der Waals surface area contributed by atoms with E-state index >= 15 is 0 Å². The van der Waals surface area contributed by atoms with Crippen molar-refractivity contribution in [3.05, 3.63) is 52.5 Å². The van der Waals surface area contributed by atoms with E-state index in [1.807, 2.05) is 0 Å². The van der Waals surface area contributed by atoms with Crippen LogP contribution in [0.15, 0.2) is 41.3 Å². The number of methoxy groups -OCH3 is 2. The Kier molecular flexibility index (Phi) is 7.63. The number of nitrogens with one attached hydrogen (secondary N) is 1. The summed E-state index contributed by atoms with van der Waals surface area (Å²) >= 11 is 6.00. The summed E-state index contributed by atoms with van der Waals surface area (Å²) in [5.41, 5.74) is 0.343. The normalized spacial score (nSPS) is 14.4. The minimum atomic E-state index is -4.07. The van der Waals surface area contributed by atoms with E-state index in [1.54, 1.807) is 4.90 Å². The van der Waals surface area contributed by atoms with Crippen molar-refractivity contribution in [3.63, 3.8) is 0 Å². The van der Waals surface area contributed by atoms with Crippen LogP contribution in [0.1, 0.15) is 46.4 Å². The van der Waals surface area contributed by atoms with Crippen LogP contribution in [0.3, 0.4) is 0 Å². The van der Waals surface area contributed by atoms with E-state index < -0.39 is 16.0 Å². The molecule has 32 heavy (non-hydrogen) atoms. The van der Waals surface area contributed by atoms with Gasteiger partial charge in [-0.1, -0.05) is 24.4 Å². The molecule has 2 aromatic rings. The third kappa shape index (κ3) is 5.34. The number of sulfonamides is 1. The van der Waals surface area contributed by atoms with E-state index in [9.17, 15) is 18.0 Å². The van der Waals surface area contributed by atoms with Gasteiger partial charge >= 0.3 is 5.97 Å². The first-order chi connectivity index (χ1) is 15.3. The second-order valence-electron chi connectivity index (χ2n) is 7.36. The molecule has 10 heteroatoms. The fourth-order valence-electron chi connectivity index (χ4n) is 3.53. The second kappa shape index (κ2) is 10.2. The molecule has 0 aromatic heterocycles. The number of rotatable bonds is 6. The van der Waals surface area contributed by atoms with Crippen molar-refractivity contribution >= 4 is 39.2 Å². The van der Waals surface area contributed by atoms with Crippen molar-refractivity contribution in [2.75, 3.05) is 32.0 Å². The van der Waals surface area contributed by atoms with Gasteiger partial charge in [0.2, 0.25) is 0 Å². The van der Waals surface area contributed by atoms with Gasteiger partial charge in [-0.05, 0) is 49.2 Å². The second-order valence-corrected chi connectivity index (χ2v) is 9.45. The highest BCUT2D eigenvalue weighted by atomic mass is 35.5. The molecule has 172 valence electrons. The molecular formula is C22H25ClN2O6S. The van der Waals surface area contributed by atoms with E-state index in [2.05, 4.69) is 9.46 Å². The Morgan fingerprint density at radius 3 is 2.28 bits per heavy atom. The molecule has 0 unspecified atom stereocenters. The number of hydrogen-bond acceptors (Lipinski definition) is 6. The maximum atomic E-state index is 13.1. The molecule has 1 N–H and O–H groups in total. The van der Waals surface area contributed by atoms with Crippen molar-refractivity contribution in [1.29, 1.82) is 0 Å². The quantitative estimate of drug-likeness (QED) is 0.628. The zero-order valence-electron chi connectivity index (χ0n) is 17.9. The summed E-state index contributed by atoms with van der Waals surface area (Å²) in [4.78, 5) is 26.6. The monoisotopic (exact) mass is 480 g/mol. The Morgan fingerprint density at radius 1 is 0.969 bits per heavy atom. The number of likely N-dealkylation sites (tertiary alicyclic amines) is 1. The fourth-order valence-corrected chi connectivity index (χ4v) is 4.80. The molecule has 0 aliphatic carbocycles. The van der Waals surface area contributed by atoms with Gasteiger partial charge in [0.05, 0.1) is 35.3 Å². The Labute approximate surface area is 192 Å². The molecule has 1 amide bonds. The number of nitrogens with zero attached hydrogens (tertiary/aromatic N) is 1. The first-order valence-electron chi connectivity index (χ1n) is 10.1. The summed E-state index contributed by atoms with van der Waals surface area (Å²) in [6.45, 7) is 1.25. The standard InChI is InChI=1S/C22H25ClN2O6S/c1-30-20-10-8-16(14-18(20)21(26)25-11-5-3-4-6-12-25)32(28,29)24-15-7-9-19(23)17(13-15)22(27)31-2/h7-10,13-14,24H,3-6,11-12H2,1-2H3. The largest absolute Gasteiger partial charge is 0.496 e. The van der Waals surface area contributed by atoms with Crippen LogP contribution in [-0.4, -0.2) is 52.5 Å². The molecule has 2 aromatic carbocycles. The molecule has 8 nitrogen and oxygen atoms in total. The average molecular weight is 481 g/mol. The van der Waals surface area contributed by atoms with Crippen molar-refractivity contribution in [3.8, 4) is 5.75 Å². The van der Waals surface area contributed by atoms with Crippen LogP contribution in [-0.2, 0) is 14.8 Å². The van der Waals surface area contributed by atoms with Crippen LogP contribution in [0.4, 0.5) is 5.69 Å². The van der Waals surface area contributed by atoms with Crippen molar-refractivity contribution in [1.82, 2.24) is 4.90 Å². The topological polar surface area (TPSA) is 102 Å². The number of ether oxygens (including phenoxy) is 2. The van der Waals surface area contributed by atoms with Crippen molar-refractivity contribution in [2.45, 2.75) is 30.6 Å². The zero-order valence-corrected chi connectivity index (χ0v) is 19.5. The Bertz CT molecular complexity index is 1110. The highest BCUT2D eigenvalue weighted by Gasteiger charge is 2.24. The van der Waals surface area contributed by atoms with Gasteiger partial charge in [-0.25, -0.2) is 13.2 Å². The molecule has 0 radical (unpaired) electrons. The number of carbonyl (C=O) groups excluding carboxylic acids is 2. The molecule has 1 heterocycles. The van der Waals surface area contributed by atoms with Gasteiger partial charge in [-0.3, -0.25) is 9.52 Å². The molecular weight excluding hydrogens is 456 g/mol. The fraction of sp³-hybridized carbons (Fsp3) is 0.364. The first kappa shape index (κ1) is 23.9. The molecule has 3 rings (SSSR count). The van der Waals surface area contributed by atoms with E-state index in [-0.39, 0.29) is 32.6 Å². The van der Waals surface area contributed by atoms with Gasteiger partial charge in [0.15, 0.2) is 0 Å². The predicted molar refractivity (Wildman–Crippen MR) is 121 cm³/mol. The minimum absolute atomic E-state index is 0.0288. The number of amides is 1. The van der Waals surface area contributed by atoms with Crippen LogP contribution in [0.25, 0.3) is 0 Å². The molecule has 1 fully saturated rings. The number of benzene rings is 2. The van der Waals surface area contributed by atoms with Gasteiger partial charge in [0.1, 0.15) is 5.75 Å². The lowest BCUT2D eigenvalue weighted by Gasteiger charge is -2.22. The third-order valence-electron chi connectivity index (χ3n) is 5.23. The highest BCUT2D eigenvalue weighted by Crippen LogP contribution is 2.28. The summed E-state index contributed by atoms with van der Waals surface area (Å²) in [5, 5.41) is 0.134. The van der Waals surface area contributed by atoms with Crippen molar-refractivity contribution in [2.24, 2.45) is 0 Å².